The highest BCUT2D eigenvalue weighted by Crippen LogP contribution is 2.25. The molecule has 0 bridgehead atoms. The molecule has 0 heterocycles. The zero-order valence-corrected chi connectivity index (χ0v) is 9.39. The second kappa shape index (κ2) is 4.84. The predicted octanol–water partition coefficient (Wildman–Crippen LogP) is 1.82. The van der Waals surface area contributed by atoms with E-state index in [4.69, 9.17) is 10.8 Å². The van der Waals surface area contributed by atoms with E-state index in [1.807, 2.05) is 0 Å². The van der Waals surface area contributed by atoms with Crippen molar-refractivity contribution in [3.8, 4) is 0 Å². The average molecular weight is 298 g/mol. The maximum absolute atomic E-state index is 13.4. The molecule has 0 radical (unpaired) electrons. The maximum atomic E-state index is 13.4. The highest BCUT2D eigenvalue weighted by atomic mass is 79.9. The van der Waals surface area contributed by atoms with E-state index in [9.17, 15) is 18.0 Å². The largest absolute Gasteiger partial charge is 0.480 e. The molecule has 0 fully saturated rings. The summed E-state index contributed by atoms with van der Waals surface area (Å²) in [4.78, 5) is 10.4. The Morgan fingerprint density at radius 3 is 2.50 bits per heavy atom. The molecule has 0 aliphatic heterocycles. The Balaban J connectivity index is 3.14. The van der Waals surface area contributed by atoms with Gasteiger partial charge < -0.3 is 10.8 Å². The van der Waals surface area contributed by atoms with Gasteiger partial charge >= 0.3 is 5.97 Å². The van der Waals surface area contributed by atoms with Gasteiger partial charge in [0, 0.05) is 18.1 Å². The van der Waals surface area contributed by atoms with Crippen LogP contribution in [-0.4, -0.2) is 17.1 Å². The van der Waals surface area contributed by atoms with Crippen LogP contribution in [0.4, 0.5) is 13.2 Å². The number of benzene rings is 1. The van der Waals surface area contributed by atoms with Gasteiger partial charge in [-0.15, -0.1) is 0 Å². The summed E-state index contributed by atoms with van der Waals surface area (Å²) in [5.41, 5.74) is 4.58. The number of hydrogen-bond acceptors (Lipinski definition) is 2. The highest BCUT2D eigenvalue weighted by Gasteiger charge is 2.21. The highest BCUT2D eigenvalue weighted by molar-refractivity contribution is 9.10. The Morgan fingerprint density at radius 2 is 2.00 bits per heavy atom. The van der Waals surface area contributed by atoms with Crippen molar-refractivity contribution in [2.75, 3.05) is 0 Å². The summed E-state index contributed by atoms with van der Waals surface area (Å²) in [6, 6.07) is -0.974. The summed E-state index contributed by atoms with van der Waals surface area (Å²) in [7, 11) is 0. The van der Waals surface area contributed by atoms with Crippen LogP contribution in [0.1, 0.15) is 5.56 Å². The van der Waals surface area contributed by atoms with Gasteiger partial charge in [-0.3, -0.25) is 4.79 Å². The zero-order chi connectivity index (χ0) is 12.5. The molecule has 7 heteroatoms. The van der Waals surface area contributed by atoms with Crippen molar-refractivity contribution in [1.82, 2.24) is 0 Å². The van der Waals surface area contributed by atoms with Crippen molar-refractivity contribution in [1.29, 1.82) is 0 Å². The van der Waals surface area contributed by atoms with Crippen molar-refractivity contribution >= 4 is 21.9 Å². The number of aliphatic carboxylic acids is 1. The van der Waals surface area contributed by atoms with Crippen LogP contribution in [0.3, 0.4) is 0 Å². The molecule has 0 aliphatic carbocycles. The normalized spacial score (nSPS) is 12.6. The maximum Gasteiger partial charge on any atom is 0.320 e. The van der Waals surface area contributed by atoms with E-state index in [0.29, 0.717) is 6.07 Å². The van der Waals surface area contributed by atoms with Crippen molar-refractivity contribution < 1.29 is 23.1 Å². The lowest BCUT2D eigenvalue weighted by Crippen LogP contribution is -2.33. The topological polar surface area (TPSA) is 63.3 Å². The predicted molar refractivity (Wildman–Crippen MR) is 53.3 cm³/mol. The molecule has 88 valence electrons. The van der Waals surface area contributed by atoms with Crippen LogP contribution in [0.5, 0.6) is 0 Å². The zero-order valence-electron chi connectivity index (χ0n) is 7.81. The van der Waals surface area contributed by atoms with Gasteiger partial charge in [-0.1, -0.05) is 0 Å². The van der Waals surface area contributed by atoms with Gasteiger partial charge in [0.15, 0.2) is 0 Å². The first kappa shape index (κ1) is 13.0. The van der Waals surface area contributed by atoms with E-state index in [0.717, 1.165) is 0 Å². The number of carbonyl (C=O) groups is 1. The summed E-state index contributed by atoms with van der Waals surface area (Å²) >= 11 is 2.59. The van der Waals surface area contributed by atoms with E-state index in [1.165, 1.54) is 0 Å². The first-order valence-corrected chi connectivity index (χ1v) is 4.94. The number of carboxylic acids is 1. The van der Waals surface area contributed by atoms with Gasteiger partial charge in [0.05, 0.1) is 4.47 Å². The van der Waals surface area contributed by atoms with Crippen molar-refractivity contribution in [3.63, 3.8) is 0 Å². The number of rotatable bonds is 3. The van der Waals surface area contributed by atoms with Gasteiger partial charge in [-0.05, 0) is 15.9 Å². The monoisotopic (exact) mass is 297 g/mol. The Bertz CT molecular complexity index is 439. The molecule has 16 heavy (non-hydrogen) atoms. The third-order valence-electron chi connectivity index (χ3n) is 1.95. The van der Waals surface area contributed by atoms with Crippen LogP contribution in [0.2, 0.25) is 0 Å². The van der Waals surface area contributed by atoms with E-state index in [-0.39, 0.29) is 0 Å². The standard InChI is InChI=1S/C9H7BrF3NO2/c10-7-5(12)2-4(11)3(8(7)13)1-6(14)9(15)16/h2,6H,1,14H2,(H,15,16). The van der Waals surface area contributed by atoms with Crippen molar-refractivity contribution in [2.45, 2.75) is 12.5 Å². The smallest absolute Gasteiger partial charge is 0.320 e. The van der Waals surface area contributed by atoms with E-state index >= 15 is 0 Å². The minimum absolute atomic E-state index is 0.469. The molecule has 1 atom stereocenters. The molecule has 0 aliphatic rings. The van der Waals surface area contributed by atoms with E-state index < -0.39 is 45.9 Å². The fourth-order valence-corrected chi connectivity index (χ4v) is 1.45. The van der Waals surface area contributed by atoms with Gasteiger partial charge in [0.2, 0.25) is 0 Å². The molecule has 1 unspecified atom stereocenters. The molecular weight excluding hydrogens is 291 g/mol. The molecule has 3 nitrogen and oxygen atoms in total. The van der Waals surface area contributed by atoms with Gasteiger partial charge in [-0.25, -0.2) is 13.2 Å². The Morgan fingerprint density at radius 1 is 1.44 bits per heavy atom. The second-order valence-corrected chi connectivity index (χ2v) is 3.89. The first-order valence-electron chi connectivity index (χ1n) is 4.14. The molecule has 1 aromatic rings. The SMILES string of the molecule is NC(Cc1c(F)cc(F)c(Br)c1F)C(=O)O. The summed E-state index contributed by atoms with van der Waals surface area (Å²) < 4.78 is 38.8. The minimum Gasteiger partial charge on any atom is -0.480 e. The third-order valence-corrected chi connectivity index (χ3v) is 2.68. The van der Waals surface area contributed by atoms with Gasteiger partial charge in [0.25, 0.3) is 0 Å². The molecule has 0 aromatic heterocycles. The van der Waals surface area contributed by atoms with Crippen LogP contribution < -0.4 is 5.73 Å². The van der Waals surface area contributed by atoms with Crippen LogP contribution in [0, 0.1) is 17.5 Å². The molecule has 1 rings (SSSR count). The Hall–Kier alpha value is -1.08. The summed E-state index contributed by atoms with van der Waals surface area (Å²) in [6.45, 7) is 0. The van der Waals surface area contributed by atoms with Crippen molar-refractivity contribution in [2.24, 2.45) is 5.73 Å². The summed E-state index contributed by atoms with van der Waals surface area (Å²) in [6.07, 6.45) is -0.550. The van der Waals surface area contributed by atoms with Crippen LogP contribution >= 0.6 is 15.9 Å². The van der Waals surface area contributed by atoms with Crippen molar-refractivity contribution in [3.05, 3.63) is 33.6 Å². The molecule has 1 aromatic carbocycles. The number of halogens is 4. The number of nitrogens with two attached hydrogens (primary N) is 1. The number of carboxylic acid groups (broad SMARTS) is 1. The molecule has 0 saturated heterocycles. The molecular formula is C9H7BrF3NO2. The fourth-order valence-electron chi connectivity index (χ4n) is 1.10. The lowest BCUT2D eigenvalue weighted by atomic mass is 10.1. The van der Waals surface area contributed by atoms with Gasteiger partial charge in [-0.2, -0.15) is 0 Å². The van der Waals surface area contributed by atoms with E-state index in [2.05, 4.69) is 15.9 Å². The molecule has 0 saturated carbocycles. The molecule has 3 N–H and O–H groups in total. The minimum atomic E-state index is -1.44. The summed E-state index contributed by atoms with van der Waals surface area (Å²) in [5.74, 6) is -4.81. The third kappa shape index (κ3) is 2.53. The quantitative estimate of drug-likeness (QED) is 0.661. The van der Waals surface area contributed by atoms with Crippen LogP contribution in [0.25, 0.3) is 0 Å². The molecule has 0 spiro atoms. The Labute approximate surface area is 97.2 Å². The van der Waals surface area contributed by atoms with Gasteiger partial charge in [0.1, 0.15) is 23.5 Å². The lowest BCUT2D eigenvalue weighted by Gasteiger charge is -2.10. The van der Waals surface area contributed by atoms with Crippen LogP contribution in [-0.2, 0) is 11.2 Å². The fraction of sp³-hybridized carbons (Fsp3) is 0.222. The van der Waals surface area contributed by atoms with Crippen LogP contribution in [0.15, 0.2) is 10.5 Å². The average Bonchev–Trinajstić information content (AvgIpc) is 2.20. The number of hydrogen-bond donors (Lipinski definition) is 2. The lowest BCUT2D eigenvalue weighted by molar-refractivity contribution is -0.138. The summed E-state index contributed by atoms with van der Waals surface area (Å²) in [5, 5.41) is 8.49. The second-order valence-electron chi connectivity index (χ2n) is 3.10. The molecule has 0 amide bonds. The van der Waals surface area contributed by atoms with E-state index in [1.54, 1.807) is 0 Å². The Kier molecular flexibility index (Phi) is 3.93. The first-order chi connectivity index (χ1) is 7.34.